The van der Waals surface area contributed by atoms with Crippen LogP contribution in [-0.2, 0) is 23.7 Å². The van der Waals surface area contributed by atoms with E-state index in [4.69, 9.17) is 10.2 Å². The first kappa shape index (κ1) is 14.9. The first-order chi connectivity index (χ1) is 8.47. The lowest BCUT2D eigenvalue weighted by Gasteiger charge is -2.18. The fraction of sp³-hybridized carbons (Fsp3) is 0.455. The van der Waals surface area contributed by atoms with Gasteiger partial charge in [-0.05, 0) is 6.07 Å². The standard InChI is InChI=1S/C11H18N2O4S/c1-3-4-13(5-6-14)18(16,17)11-7-10(9-15)12(2)8-11/h3,7-8,14-15H,1,4-6,9H2,2H3. The number of aryl methyl sites for hydroxylation is 1. The normalized spacial score (nSPS) is 12.0. The summed E-state index contributed by atoms with van der Waals surface area (Å²) < 4.78 is 27.2. The zero-order valence-corrected chi connectivity index (χ0v) is 11.1. The molecule has 1 heterocycles. The Morgan fingerprint density at radius 1 is 1.50 bits per heavy atom. The summed E-state index contributed by atoms with van der Waals surface area (Å²) in [6.45, 7) is 3.15. The van der Waals surface area contributed by atoms with E-state index >= 15 is 0 Å². The van der Waals surface area contributed by atoms with Gasteiger partial charge in [-0.3, -0.25) is 0 Å². The Bertz CT molecular complexity index is 507. The molecule has 0 aliphatic heterocycles. The molecular weight excluding hydrogens is 256 g/mol. The zero-order valence-electron chi connectivity index (χ0n) is 10.3. The van der Waals surface area contributed by atoms with Crippen molar-refractivity contribution < 1.29 is 18.6 Å². The molecule has 0 aromatic carbocycles. The summed E-state index contributed by atoms with van der Waals surface area (Å²) in [6, 6.07) is 1.42. The molecule has 0 unspecified atom stereocenters. The Labute approximate surface area is 107 Å². The molecule has 0 saturated carbocycles. The predicted octanol–water partition coefficient (Wildman–Crippen LogP) is -0.314. The molecule has 0 aliphatic carbocycles. The van der Waals surface area contributed by atoms with E-state index in [-0.39, 0.29) is 31.2 Å². The fourth-order valence-electron chi connectivity index (χ4n) is 1.59. The van der Waals surface area contributed by atoms with Crippen LogP contribution in [0.5, 0.6) is 0 Å². The van der Waals surface area contributed by atoms with E-state index in [2.05, 4.69) is 6.58 Å². The summed E-state index contributed by atoms with van der Waals surface area (Å²) in [4.78, 5) is 0.101. The monoisotopic (exact) mass is 274 g/mol. The van der Waals surface area contributed by atoms with Gasteiger partial charge in [0.2, 0.25) is 10.0 Å². The van der Waals surface area contributed by atoms with E-state index in [1.807, 2.05) is 0 Å². The van der Waals surface area contributed by atoms with Crippen LogP contribution < -0.4 is 0 Å². The van der Waals surface area contributed by atoms with Crippen LogP contribution in [0.2, 0.25) is 0 Å². The fourth-order valence-corrected chi connectivity index (χ4v) is 3.09. The van der Waals surface area contributed by atoms with Gasteiger partial charge in [-0.25, -0.2) is 8.42 Å². The van der Waals surface area contributed by atoms with Crippen molar-refractivity contribution >= 4 is 10.0 Å². The van der Waals surface area contributed by atoms with E-state index in [9.17, 15) is 8.42 Å². The molecular formula is C11H18N2O4S. The molecule has 1 aromatic rings. The number of nitrogens with zero attached hydrogens (tertiary/aromatic N) is 2. The maximum absolute atomic E-state index is 12.3. The minimum atomic E-state index is -3.67. The van der Waals surface area contributed by atoms with Crippen molar-refractivity contribution in [1.82, 2.24) is 8.87 Å². The second-order valence-corrected chi connectivity index (χ2v) is 5.75. The molecule has 0 bridgehead atoms. The summed E-state index contributed by atoms with van der Waals surface area (Å²) >= 11 is 0. The van der Waals surface area contributed by atoms with Gasteiger partial charge in [0, 0.05) is 32.0 Å². The molecule has 102 valence electrons. The Morgan fingerprint density at radius 3 is 2.61 bits per heavy atom. The molecule has 0 radical (unpaired) electrons. The van der Waals surface area contributed by atoms with Crippen LogP contribution in [0.1, 0.15) is 5.69 Å². The number of sulfonamides is 1. The molecule has 0 fully saturated rings. The first-order valence-electron chi connectivity index (χ1n) is 5.45. The topological polar surface area (TPSA) is 82.8 Å². The van der Waals surface area contributed by atoms with Crippen LogP contribution in [0.15, 0.2) is 29.8 Å². The van der Waals surface area contributed by atoms with Crippen LogP contribution in [0, 0.1) is 0 Å². The van der Waals surface area contributed by atoms with Gasteiger partial charge in [0.15, 0.2) is 0 Å². The van der Waals surface area contributed by atoms with E-state index < -0.39 is 10.0 Å². The number of rotatable bonds is 7. The molecule has 1 rings (SSSR count). The highest BCUT2D eigenvalue weighted by atomic mass is 32.2. The molecule has 0 aliphatic rings. The van der Waals surface area contributed by atoms with Gasteiger partial charge in [0.25, 0.3) is 0 Å². The summed E-state index contributed by atoms with van der Waals surface area (Å²) in [6.07, 6.45) is 2.90. The average Bonchev–Trinajstić information content (AvgIpc) is 2.71. The SMILES string of the molecule is C=CCN(CCO)S(=O)(=O)c1cc(CO)n(C)c1. The van der Waals surface area contributed by atoms with Crippen molar-refractivity contribution in [2.45, 2.75) is 11.5 Å². The third-order valence-corrected chi connectivity index (χ3v) is 4.40. The average molecular weight is 274 g/mol. The van der Waals surface area contributed by atoms with Crippen molar-refractivity contribution in [3.63, 3.8) is 0 Å². The van der Waals surface area contributed by atoms with Crippen LogP contribution in [0.25, 0.3) is 0 Å². The van der Waals surface area contributed by atoms with Crippen LogP contribution in [0.4, 0.5) is 0 Å². The molecule has 18 heavy (non-hydrogen) atoms. The number of aliphatic hydroxyl groups is 2. The zero-order chi connectivity index (χ0) is 13.8. The predicted molar refractivity (Wildman–Crippen MR) is 67.4 cm³/mol. The molecule has 0 saturated heterocycles. The summed E-state index contributed by atoms with van der Waals surface area (Å²) in [5, 5.41) is 18.0. The van der Waals surface area contributed by atoms with Crippen molar-refractivity contribution in [2.24, 2.45) is 7.05 Å². The van der Waals surface area contributed by atoms with Gasteiger partial charge in [0.1, 0.15) is 4.90 Å². The minimum absolute atomic E-state index is 0.0116. The van der Waals surface area contributed by atoms with Crippen LogP contribution >= 0.6 is 0 Å². The first-order valence-corrected chi connectivity index (χ1v) is 6.89. The van der Waals surface area contributed by atoms with Crippen molar-refractivity contribution in [2.75, 3.05) is 19.7 Å². The van der Waals surface area contributed by atoms with Crippen molar-refractivity contribution in [3.05, 3.63) is 30.6 Å². The Kier molecular flexibility index (Phi) is 5.09. The molecule has 0 atom stereocenters. The summed E-state index contributed by atoms with van der Waals surface area (Å²) in [5.74, 6) is 0. The minimum Gasteiger partial charge on any atom is -0.395 e. The highest BCUT2D eigenvalue weighted by Crippen LogP contribution is 2.18. The number of hydrogen-bond donors (Lipinski definition) is 2. The number of aliphatic hydroxyl groups excluding tert-OH is 2. The third kappa shape index (κ3) is 2.99. The van der Waals surface area contributed by atoms with Gasteiger partial charge < -0.3 is 14.8 Å². The molecule has 0 spiro atoms. The number of aromatic nitrogens is 1. The molecule has 0 amide bonds. The van der Waals surface area contributed by atoms with Gasteiger partial charge in [-0.2, -0.15) is 4.31 Å². The van der Waals surface area contributed by atoms with E-state index in [0.717, 1.165) is 4.31 Å². The van der Waals surface area contributed by atoms with Gasteiger partial charge >= 0.3 is 0 Å². The summed E-state index contributed by atoms with van der Waals surface area (Å²) in [5.41, 5.74) is 0.510. The molecule has 6 nitrogen and oxygen atoms in total. The Balaban J connectivity index is 3.12. The molecule has 2 N–H and O–H groups in total. The van der Waals surface area contributed by atoms with Gasteiger partial charge in [-0.1, -0.05) is 6.08 Å². The van der Waals surface area contributed by atoms with Crippen LogP contribution in [0.3, 0.4) is 0 Å². The largest absolute Gasteiger partial charge is 0.395 e. The van der Waals surface area contributed by atoms with Crippen molar-refractivity contribution in [3.8, 4) is 0 Å². The Hall–Kier alpha value is -1.15. The van der Waals surface area contributed by atoms with E-state index in [0.29, 0.717) is 5.69 Å². The van der Waals surface area contributed by atoms with Gasteiger partial charge in [-0.15, -0.1) is 6.58 Å². The lowest BCUT2D eigenvalue weighted by Crippen LogP contribution is -2.33. The molecule has 1 aromatic heterocycles. The number of hydrogen-bond acceptors (Lipinski definition) is 4. The van der Waals surface area contributed by atoms with Crippen molar-refractivity contribution in [1.29, 1.82) is 0 Å². The highest BCUT2D eigenvalue weighted by Gasteiger charge is 2.24. The van der Waals surface area contributed by atoms with Gasteiger partial charge in [0.05, 0.1) is 13.2 Å². The second-order valence-electron chi connectivity index (χ2n) is 3.81. The quantitative estimate of drug-likeness (QED) is 0.668. The second kappa shape index (κ2) is 6.14. The smallest absolute Gasteiger partial charge is 0.244 e. The third-order valence-electron chi connectivity index (χ3n) is 2.56. The van der Waals surface area contributed by atoms with E-state index in [1.165, 1.54) is 18.3 Å². The Morgan fingerprint density at radius 2 is 2.17 bits per heavy atom. The van der Waals surface area contributed by atoms with Crippen LogP contribution in [-0.4, -0.2) is 47.2 Å². The lowest BCUT2D eigenvalue weighted by atomic mass is 10.5. The summed E-state index contributed by atoms with van der Waals surface area (Å²) in [7, 11) is -2.01. The maximum atomic E-state index is 12.3. The van der Waals surface area contributed by atoms with E-state index in [1.54, 1.807) is 11.6 Å². The maximum Gasteiger partial charge on any atom is 0.244 e. The lowest BCUT2D eigenvalue weighted by molar-refractivity contribution is 0.260. The highest BCUT2D eigenvalue weighted by molar-refractivity contribution is 7.89. The molecule has 7 heteroatoms.